The molecule has 0 bridgehead atoms. The minimum absolute atomic E-state index is 0.0161. The Balaban J connectivity index is 1.32. The maximum absolute atomic E-state index is 13.5. The number of carbonyl (C=O) groups is 2. The molecule has 0 spiro atoms. The van der Waals surface area contributed by atoms with Crippen molar-refractivity contribution in [3.63, 3.8) is 0 Å². The number of carbonyl (C=O) groups excluding carboxylic acids is 2. The van der Waals surface area contributed by atoms with E-state index in [-0.39, 0.29) is 24.4 Å². The number of anilines is 1. The van der Waals surface area contributed by atoms with Gasteiger partial charge in [-0.25, -0.2) is 0 Å². The molecule has 0 radical (unpaired) electrons. The fourth-order valence-electron chi connectivity index (χ4n) is 5.20. The zero-order valence-electron chi connectivity index (χ0n) is 23.1. The Labute approximate surface area is 246 Å². The van der Waals surface area contributed by atoms with Gasteiger partial charge in [-0.1, -0.05) is 59.6 Å². The Hall–Kier alpha value is -3.06. The van der Waals surface area contributed by atoms with E-state index in [1.54, 1.807) is 12.1 Å². The molecule has 1 heterocycles. The lowest BCUT2D eigenvalue weighted by molar-refractivity contribution is -0.131. The van der Waals surface area contributed by atoms with Crippen LogP contribution in [0, 0.1) is 0 Å². The largest absolute Gasteiger partial charge is 0.365 e. The van der Waals surface area contributed by atoms with Gasteiger partial charge in [0.1, 0.15) is 0 Å². The van der Waals surface area contributed by atoms with Crippen molar-refractivity contribution in [3.05, 3.63) is 87.9 Å². The van der Waals surface area contributed by atoms with Crippen molar-refractivity contribution in [2.45, 2.75) is 37.8 Å². The predicted octanol–water partition coefficient (Wildman–Crippen LogP) is 6.28. The Bertz CT molecular complexity index is 1350. The van der Waals surface area contributed by atoms with Gasteiger partial charge >= 0.3 is 0 Å². The fraction of sp³-hybridized carbons (Fsp3) is 0.375. The number of hydrogen-bond acceptors (Lipinski definition) is 4. The van der Waals surface area contributed by atoms with Crippen molar-refractivity contribution in [1.82, 2.24) is 15.1 Å². The zero-order valence-corrected chi connectivity index (χ0v) is 24.6. The molecule has 6 nitrogen and oxygen atoms in total. The summed E-state index contributed by atoms with van der Waals surface area (Å²) in [5.74, 6) is 0.00819. The van der Waals surface area contributed by atoms with Crippen LogP contribution in [0.5, 0.6) is 0 Å². The quantitative estimate of drug-likeness (QED) is 0.307. The molecule has 3 aromatic rings. The molecule has 1 aliphatic carbocycles. The minimum atomic E-state index is -0.0856. The van der Waals surface area contributed by atoms with Crippen LogP contribution in [-0.4, -0.2) is 67.9 Å². The number of rotatable bonds is 10. The van der Waals surface area contributed by atoms with Gasteiger partial charge in [-0.05, 0) is 85.8 Å². The van der Waals surface area contributed by atoms with Gasteiger partial charge in [0.05, 0.1) is 22.6 Å². The Kier molecular flexibility index (Phi) is 8.99. The summed E-state index contributed by atoms with van der Waals surface area (Å²) in [5, 5.41) is 4.02. The topological polar surface area (TPSA) is 55.9 Å². The summed E-state index contributed by atoms with van der Waals surface area (Å²) in [4.78, 5) is 32.3. The van der Waals surface area contributed by atoms with E-state index < -0.39 is 0 Å². The second-order valence-corrected chi connectivity index (χ2v) is 11.7. The number of hydrogen-bond donors (Lipinski definition) is 1. The molecule has 2 fully saturated rings. The number of benzene rings is 3. The van der Waals surface area contributed by atoms with Crippen LogP contribution >= 0.6 is 23.2 Å². The first-order chi connectivity index (χ1) is 19.3. The Morgan fingerprint density at radius 1 is 0.925 bits per heavy atom. The summed E-state index contributed by atoms with van der Waals surface area (Å²) >= 11 is 12.3. The zero-order chi connectivity index (χ0) is 28.2. The molecular weight excluding hydrogens is 543 g/mol. The molecular formula is C32H36Cl2N4O2. The average Bonchev–Trinajstić information content (AvgIpc) is 3.63. The van der Waals surface area contributed by atoms with Gasteiger partial charge in [0.25, 0.3) is 5.91 Å². The summed E-state index contributed by atoms with van der Waals surface area (Å²) in [6.45, 7) is 3.11. The van der Waals surface area contributed by atoms with Crippen LogP contribution in [0.25, 0.3) is 11.1 Å². The normalized spacial score (nSPS) is 16.0. The number of nitrogens with one attached hydrogen (secondary N) is 1. The first kappa shape index (κ1) is 28.5. The number of amides is 2. The lowest BCUT2D eigenvalue weighted by atomic mass is 9.98. The second-order valence-electron chi connectivity index (χ2n) is 10.9. The van der Waals surface area contributed by atoms with Crippen LogP contribution in [0.1, 0.15) is 47.6 Å². The van der Waals surface area contributed by atoms with Crippen molar-refractivity contribution in [1.29, 1.82) is 0 Å². The molecule has 8 heteroatoms. The molecule has 0 aromatic heterocycles. The molecule has 1 saturated carbocycles. The first-order valence-electron chi connectivity index (χ1n) is 13.9. The van der Waals surface area contributed by atoms with E-state index in [9.17, 15) is 9.59 Å². The van der Waals surface area contributed by atoms with E-state index in [4.69, 9.17) is 23.2 Å². The van der Waals surface area contributed by atoms with E-state index in [0.29, 0.717) is 21.7 Å². The molecule has 1 N–H and O–H groups in total. The highest BCUT2D eigenvalue weighted by atomic mass is 35.5. The van der Waals surface area contributed by atoms with Gasteiger partial charge < -0.3 is 20.0 Å². The predicted molar refractivity (Wildman–Crippen MR) is 163 cm³/mol. The molecule has 40 heavy (non-hydrogen) atoms. The van der Waals surface area contributed by atoms with Gasteiger partial charge in [0.2, 0.25) is 5.91 Å². The lowest BCUT2D eigenvalue weighted by Gasteiger charge is -2.33. The van der Waals surface area contributed by atoms with Crippen molar-refractivity contribution >= 4 is 40.7 Å². The van der Waals surface area contributed by atoms with E-state index in [2.05, 4.69) is 34.5 Å². The molecule has 2 aliphatic rings. The van der Waals surface area contributed by atoms with E-state index in [0.717, 1.165) is 54.9 Å². The molecule has 2 amide bonds. The summed E-state index contributed by atoms with van der Waals surface area (Å²) in [7, 11) is 3.77. The summed E-state index contributed by atoms with van der Waals surface area (Å²) in [6, 6.07) is 21.8. The number of likely N-dealkylation sites (tertiary alicyclic amines) is 1. The third-order valence-corrected chi connectivity index (χ3v) is 8.61. The molecule has 1 saturated heterocycles. The first-order valence-corrected chi connectivity index (χ1v) is 14.7. The van der Waals surface area contributed by atoms with Gasteiger partial charge in [0, 0.05) is 37.9 Å². The maximum Gasteiger partial charge on any atom is 0.251 e. The number of halogens is 2. The van der Waals surface area contributed by atoms with Gasteiger partial charge in [-0.15, -0.1) is 0 Å². The molecule has 5 rings (SSSR count). The Morgan fingerprint density at radius 3 is 2.33 bits per heavy atom. The van der Waals surface area contributed by atoms with Gasteiger partial charge in [-0.2, -0.15) is 0 Å². The molecule has 210 valence electrons. The van der Waals surface area contributed by atoms with Crippen molar-refractivity contribution < 1.29 is 9.59 Å². The summed E-state index contributed by atoms with van der Waals surface area (Å²) in [5.41, 5.74) is 4.64. The van der Waals surface area contributed by atoms with Gasteiger partial charge in [-0.3, -0.25) is 9.59 Å². The van der Waals surface area contributed by atoms with Crippen molar-refractivity contribution in [2.24, 2.45) is 0 Å². The maximum atomic E-state index is 13.5. The molecule has 1 aliphatic heterocycles. The lowest BCUT2D eigenvalue weighted by Crippen LogP contribution is -2.42. The SMILES string of the molecule is CN(CC(=O)N(C)C(CN1CCCC1)c1ccc(-c2cccc(C(=O)NC3CC3)c2)cc1)c1ccc(Cl)c(Cl)c1. The van der Waals surface area contributed by atoms with E-state index in [1.165, 1.54) is 12.8 Å². The molecule has 1 unspecified atom stereocenters. The van der Waals surface area contributed by atoms with Crippen LogP contribution in [0.15, 0.2) is 66.7 Å². The van der Waals surface area contributed by atoms with Crippen LogP contribution < -0.4 is 10.2 Å². The molecule has 1 atom stereocenters. The average molecular weight is 580 g/mol. The minimum Gasteiger partial charge on any atom is -0.365 e. The molecule has 3 aromatic carbocycles. The van der Waals surface area contributed by atoms with Gasteiger partial charge in [0.15, 0.2) is 0 Å². The van der Waals surface area contributed by atoms with Crippen molar-refractivity contribution in [2.75, 3.05) is 45.2 Å². The monoisotopic (exact) mass is 578 g/mol. The van der Waals surface area contributed by atoms with Crippen LogP contribution in [-0.2, 0) is 4.79 Å². The fourth-order valence-corrected chi connectivity index (χ4v) is 5.49. The highest BCUT2D eigenvalue weighted by Crippen LogP contribution is 2.29. The third kappa shape index (κ3) is 6.98. The van der Waals surface area contributed by atoms with E-state index in [1.807, 2.05) is 54.2 Å². The van der Waals surface area contributed by atoms with Crippen molar-refractivity contribution in [3.8, 4) is 11.1 Å². The second kappa shape index (κ2) is 12.6. The van der Waals surface area contributed by atoms with Crippen LogP contribution in [0.2, 0.25) is 10.0 Å². The summed E-state index contributed by atoms with van der Waals surface area (Å²) in [6.07, 6.45) is 4.50. The Morgan fingerprint density at radius 2 is 1.65 bits per heavy atom. The van der Waals surface area contributed by atoms with Crippen LogP contribution in [0.3, 0.4) is 0 Å². The van der Waals surface area contributed by atoms with E-state index >= 15 is 0 Å². The highest BCUT2D eigenvalue weighted by molar-refractivity contribution is 6.42. The van der Waals surface area contributed by atoms with Crippen LogP contribution in [0.4, 0.5) is 5.69 Å². The standard InChI is InChI=1S/C32H36Cl2N4O2/c1-36(27-14-15-28(33)29(34)19-27)21-31(39)37(2)30(20-38-16-3-4-17-38)23-10-8-22(9-11-23)24-6-5-7-25(18-24)32(40)35-26-12-13-26/h5-11,14-15,18-19,26,30H,3-4,12-13,16-17,20-21H2,1-2H3,(H,35,40). The number of nitrogens with zero attached hydrogens (tertiary/aromatic N) is 3. The smallest absolute Gasteiger partial charge is 0.251 e. The number of likely N-dealkylation sites (N-methyl/N-ethyl adjacent to an activating group) is 2. The third-order valence-electron chi connectivity index (χ3n) is 7.87. The highest BCUT2D eigenvalue weighted by Gasteiger charge is 2.27. The summed E-state index contributed by atoms with van der Waals surface area (Å²) < 4.78 is 0.